The normalized spacial score (nSPS) is 13.2. The van der Waals surface area contributed by atoms with Gasteiger partial charge in [-0.2, -0.15) is 0 Å². The number of aliphatic carboxylic acids is 1. The average molecular weight is 327 g/mol. The lowest BCUT2D eigenvalue weighted by Crippen LogP contribution is -2.41. The first kappa shape index (κ1) is 18.0. The molecular formula is C20H25NO3. The second kappa shape index (κ2) is 9.08. The van der Waals surface area contributed by atoms with Crippen LogP contribution in [0.1, 0.15) is 31.4 Å². The number of ether oxygens (including phenoxy) is 1. The third-order valence-electron chi connectivity index (χ3n) is 4.18. The van der Waals surface area contributed by atoms with Gasteiger partial charge < -0.3 is 15.2 Å². The first-order valence-electron chi connectivity index (χ1n) is 8.32. The smallest absolute Gasteiger partial charge is 0.320 e. The molecule has 4 nitrogen and oxygen atoms in total. The maximum atomic E-state index is 11.3. The van der Waals surface area contributed by atoms with E-state index in [1.165, 1.54) is 0 Å². The van der Waals surface area contributed by atoms with Gasteiger partial charge in [0.05, 0.1) is 0 Å². The molecule has 2 N–H and O–H groups in total. The number of carboxylic acid groups (broad SMARTS) is 1. The Kier molecular flexibility index (Phi) is 6.82. The summed E-state index contributed by atoms with van der Waals surface area (Å²) < 4.78 is 5.75. The molecular weight excluding hydrogens is 302 g/mol. The van der Waals surface area contributed by atoms with E-state index in [9.17, 15) is 9.90 Å². The highest BCUT2D eigenvalue weighted by atomic mass is 16.5. The third-order valence-corrected chi connectivity index (χ3v) is 4.18. The van der Waals surface area contributed by atoms with Crippen molar-refractivity contribution in [3.63, 3.8) is 0 Å². The van der Waals surface area contributed by atoms with E-state index in [1.807, 2.05) is 68.4 Å². The highest BCUT2D eigenvalue weighted by Crippen LogP contribution is 2.15. The summed E-state index contributed by atoms with van der Waals surface area (Å²) in [4.78, 5) is 11.3. The zero-order valence-electron chi connectivity index (χ0n) is 14.2. The zero-order valence-corrected chi connectivity index (χ0v) is 14.2. The number of benzene rings is 2. The molecule has 0 fully saturated rings. The van der Waals surface area contributed by atoms with E-state index >= 15 is 0 Å². The SMILES string of the molecule is CC[C@H](C)[C@H](NCc1ccc(OCc2ccccc2)cc1)C(=O)O. The van der Waals surface area contributed by atoms with Crippen LogP contribution in [0, 0.1) is 5.92 Å². The van der Waals surface area contributed by atoms with Gasteiger partial charge in [0, 0.05) is 6.54 Å². The Morgan fingerprint density at radius 2 is 1.75 bits per heavy atom. The second-order valence-corrected chi connectivity index (χ2v) is 6.00. The molecule has 0 aliphatic carbocycles. The number of hydrogen-bond donors (Lipinski definition) is 2. The molecule has 128 valence electrons. The Bertz CT molecular complexity index is 625. The third kappa shape index (κ3) is 5.39. The van der Waals surface area contributed by atoms with E-state index < -0.39 is 12.0 Å². The molecule has 0 amide bonds. The van der Waals surface area contributed by atoms with Crippen LogP contribution in [0.4, 0.5) is 0 Å². The minimum Gasteiger partial charge on any atom is -0.489 e. The zero-order chi connectivity index (χ0) is 17.4. The van der Waals surface area contributed by atoms with Gasteiger partial charge in [-0.1, -0.05) is 62.7 Å². The molecule has 0 unspecified atom stereocenters. The molecule has 0 heterocycles. The summed E-state index contributed by atoms with van der Waals surface area (Å²) in [5.74, 6) is 0.0995. The van der Waals surface area contributed by atoms with E-state index in [1.54, 1.807) is 0 Å². The molecule has 2 aromatic rings. The van der Waals surface area contributed by atoms with Gasteiger partial charge in [0.25, 0.3) is 0 Å². The summed E-state index contributed by atoms with van der Waals surface area (Å²) in [6.45, 7) is 5.02. The maximum Gasteiger partial charge on any atom is 0.320 e. The number of rotatable bonds is 9. The van der Waals surface area contributed by atoms with Gasteiger partial charge in [0.2, 0.25) is 0 Å². The van der Waals surface area contributed by atoms with Gasteiger partial charge in [0.15, 0.2) is 0 Å². The van der Waals surface area contributed by atoms with Crippen molar-refractivity contribution in [1.82, 2.24) is 5.32 Å². The van der Waals surface area contributed by atoms with Crippen LogP contribution in [0.25, 0.3) is 0 Å². The van der Waals surface area contributed by atoms with Crippen LogP contribution in [0.5, 0.6) is 5.75 Å². The van der Waals surface area contributed by atoms with Gasteiger partial charge in [-0.15, -0.1) is 0 Å². The van der Waals surface area contributed by atoms with Crippen molar-refractivity contribution < 1.29 is 14.6 Å². The van der Waals surface area contributed by atoms with Crippen LogP contribution in [0.3, 0.4) is 0 Å². The van der Waals surface area contributed by atoms with Crippen LogP contribution in [-0.4, -0.2) is 17.1 Å². The van der Waals surface area contributed by atoms with Crippen molar-refractivity contribution in [3.05, 3.63) is 65.7 Å². The van der Waals surface area contributed by atoms with Crippen LogP contribution in [-0.2, 0) is 17.9 Å². The van der Waals surface area contributed by atoms with E-state index in [2.05, 4.69) is 5.32 Å². The molecule has 0 aromatic heterocycles. The summed E-state index contributed by atoms with van der Waals surface area (Å²) in [6.07, 6.45) is 0.830. The highest BCUT2D eigenvalue weighted by Gasteiger charge is 2.22. The first-order valence-corrected chi connectivity index (χ1v) is 8.32. The Morgan fingerprint density at radius 1 is 1.08 bits per heavy atom. The predicted octanol–water partition coefficient (Wildman–Crippen LogP) is 3.85. The van der Waals surface area contributed by atoms with E-state index in [-0.39, 0.29) is 5.92 Å². The maximum absolute atomic E-state index is 11.3. The number of carboxylic acids is 1. The molecule has 4 heteroatoms. The number of hydrogen-bond acceptors (Lipinski definition) is 3. The lowest BCUT2D eigenvalue weighted by Gasteiger charge is -2.20. The van der Waals surface area contributed by atoms with Gasteiger partial charge in [-0.05, 0) is 29.2 Å². The monoisotopic (exact) mass is 327 g/mol. The predicted molar refractivity (Wildman–Crippen MR) is 94.9 cm³/mol. The quantitative estimate of drug-likeness (QED) is 0.734. The van der Waals surface area contributed by atoms with Gasteiger partial charge in [-0.25, -0.2) is 0 Å². The lowest BCUT2D eigenvalue weighted by molar-refractivity contribution is -0.140. The fourth-order valence-corrected chi connectivity index (χ4v) is 2.44. The van der Waals surface area contributed by atoms with Crippen LogP contribution in [0.2, 0.25) is 0 Å². The van der Waals surface area contributed by atoms with Crippen molar-refractivity contribution in [3.8, 4) is 5.75 Å². The summed E-state index contributed by atoms with van der Waals surface area (Å²) in [6, 6.07) is 17.2. The van der Waals surface area contributed by atoms with Gasteiger partial charge in [-0.3, -0.25) is 4.79 Å². The Balaban J connectivity index is 1.86. The first-order chi connectivity index (χ1) is 11.6. The Morgan fingerprint density at radius 3 is 2.33 bits per heavy atom. The van der Waals surface area contributed by atoms with E-state index in [0.29, 0.717) is 13.2 Å². The van der Waals surface area contributed by atoms with Crippen molar-refractivity contribution >= 4 is 5.97 Å². The minimum absolute atomic E-state index is 0.0935. The van der Waals surface area contributed by atoms with Crippen LogP contribution >= 0.6 is 0 Å². The van der Waals surface area contributed by atoms with Crippen molar-refractivity contribution in [1.29, 1.82) is 0 Å². The topological polar surface area (TPSA) is 58.6 Å². The molecule has 0 spiro atoms. The number of carbonyl (C=O) groups is 1. The van der Waals surface area contributed by atoms with Crippen molar-refractivity contribution in [2.75, 3.05) is 0 Å². The average Bonchev–Trinajstić information content (AvgIpc) is 2.61. The molecule has 0 bridgehead atoms. The molecule has 0 saturated heterocycles. The van der Waals surface area contributed by atoms with Crippen LogP contribution in [0.15, 0.2) is 54.6 Å². The molecule has 0 aliphatic rings. The Labute approximate surface area is 143 Å². The molecule has 24 heavy (non-hydrogen) atoms. The molecule has 2 aromatic carbocycles. The van der Waals surface area contributed by atoms with Crippen molar-refractivity contribution in [2.45, 2.75) is 39.5 Å². The summed E-state index contributed by atoms with van der Waals surface area (Å²) in [7, 11) is 0. The highest BCUT2D eigenvalue weighted by molar-refractivity contribution is 5.73. The Hall–Kier alpha value is -2.33. The standard InChI is InChI=1S/C20H25NO3/c1-3-15(2)19(20(22)23)21-13-16-9-11-18(12-10-16)24-14-17-7-5-4-6-8-17/h4-12,15,19,21H,3,13-14H2,1-2H3,(H,22,23)/t15-,19-/m0/s1. The van der Waals surface area contributed by atoms with Crippen molar-refractivity contribution in [2.24, 2.45) is 5.92 Å². The minimum atomic E-state index is -0.799. The largest absolute Gasteiger partial charge is 0.489 e. The fourth-order valence-electron chi connectivity index (χ4n) is 2.44. The molecule has 0 aliphatic heterocycles. The van der Waals surface area contributed by atoms with E-state index in [4.69, 9.17) is 4.74 Å². The van der Waals surface area contributed by atoms with Gasteiger partial charge in [0.1, 0.15) is 18.4 Å². The summed E-state index contributed by atoms with van der Waals surface area (Å²) in [5.41, 5.74) is 2.16. The number of nitrogens with one attached hydrogen (secondary N) is 1. The summed E-state index contributed by atoms with van der Waals surface area (Å²) >= 11 is 0. The van der Waals surface area contributed by atoms with Gasteiger partial charge >= 0.3 is 5.97 Å². The fraction of sp³-hybridized carbons (Fsp3) is 0.350. The second-order valence-electron chi connectivity index (χ2n) is 6.00. The molecule has 2 atom stereocenters. The van der Waals surface area contributed by atoms with Crippen LogP contribution < -0.4 is 10.1 Å². The molecule has 0 radical (unpaired) electrons. The molecule has 2 rings (SSSR count). The van der Waals surface area contributed by atoms with E-state index in [0.717, 1.165) is 23.3 Å². The molecule has 0 saturated carbocycles. The lowest BCUT2D eigenvalue weighted by atomic mass is 9.99. The summed E-state index contributed by atoms with van der Waals surface area (Å²) in [5, 5.41) is 12.4.